The fraction of sp³-hybridized carbons (Fsp3) is 0.389. The number of hydrogen-bond donors (Lipinski definition) is 2. The van der Waals surface area contributed by atoms with E-state index in [4.69, 9.17) is 4.74 Å². The van der Waals surface area contributed by atoms with E-state index in [0.29, 0.717) is 12.2 Å². The van der Waals surface area contributed by atoms with Crippen molar-refractivity contribution >= 4 is 27.6 Å². The molecule has 4 heterocycles. The molecular weight excluding hydrogens is 316 g/mol. The van der Waals surface area contributed by atoms with Gasteiger partial charge >= 0.3 is 0 Å². The van der Waals surface area contributed by atoms with Crippen molar-refractivity contribution in [3.8, 4) is 6.07 Å². The topological polar surface area (TPSA) is 89.9 Å². The predicted octanol–water partition coefficient (Wildman–Crippen LogP) is 2.12. The van der Waals surface area contributed by atoms with E-state index in [2.05, 4.69) is 38.2 Å². The Morgan fingerprint density at radius 3 is 3.24 bits per heavy atom. The number of nitrogens with one attached hydrogen (secondary N) is 2. The summed E-state index contributed by atoms with van der Waals surface area (Å²) in [7, 11) is 0. The van der Waals surface area contributed by atoms with E-state index in [9.17, 15) is 5.26 Å². The van der Waals surface area contributed by atoms with Gasteiger partial charge in [0.1, 0.15) is 11.7 Å². The Hall–Kier alpha value is -2.69. The van der Waals surface area contributed by atoms with E-state index in [1.807, 2.05) is 12.1 Å². The molecule has 0 amide bonds. The summed E-state index contributed by atoms with van der Waals surface area (Å²) < 4.78 is 5.86. The summed E-state index contributed by atoms with van der Waals surface area (Å²) in [5.74, 6) is 0. The number of likely N-dealkylation sites (N-methyl/N-ethyl adjacent to an activating group) is 1. The van der Waals surface area contributed by atoms with Crippen LogP contribution in [0.3, 0.4) is 0 Å². The normalized spacial score (nSPS) is 18.5. The smallest absolute Gasteiger partial charge is 0.164 e. The van der Waals surface area contributed by atoms with Crippen molar-refractivity contribution in [2.75, 3.05) is 38.1 Å². The van der Waals surface area contributed by atoms with Gasteiger partial charge in [-0.15, -0.1) is 0 Å². The molecule has 0 saturated carbocycles. The lowest BCUT2D eigenvalue weighted by atomic mass is 10.1. The number of hydrogen-bond acceptors (Lipinski definition) is 6. The molecule has 4 rings (SSSR count). The molecular formula is C18H20N6O. The summed E-state index contributed by atoms with van der Waals surface area (Å²) in [6.07, 6.45) is 3.54. The second kappa shape index (κ2) is 6.67. The minimum Gasteiger partial charge on any atom is -0.379 e. The van der Waals surface area contributed by atoms with Crippen molar-refractivity contribution in [2.45, 2.75) is 13.0 Å². The second-order valence-corrected chi connectivity index (χ2v) is 6.17. The number of nitriles is 1. The molecule has 1 unspecified atom stereocenters. The number of morpholine rings is 1. The molecule has 1 atom stereocenters. The van der Waals surface area contributed by atoms with E-state index in [1.54, 1.807) is 12.4 Å². The molecule has 0 radical (unpaired) electrons. The fourth-order valence-corrected chi connectivity index (χ4v) is 3.38. The summed E-state index contributed by atoms with van der Waals surface area (Å²) in [4.78, 5) is 14.3. The first kappa shape index (κ1) is 15.8. The Bertz CT molecular complexity index is 944. The van der Waals surface area contributed by atoms with Crippen LogP contribution in [0.1, 0.15) is 12.6 Å². The van der Waals surface area contributed by atoms with Gasteiger partial charge in [0.05, 0.1) is 30.1 Å². The Balaban J connectivity index is 1.69. The van der Waals surface area contributed by atoms with Gasteiger partial charge in [-0.3, -0.25) is 4.90 Å². The molecule has 25 heavy (non-hydrogen) atoms. The number of nitrogens with zero attached hydrogens (tertiary/aromatic N) is 4. The van der Waals surface area contributed by atoms with Gasteiger partial charge in [0.25, 0.3) is 0 Å². The maximum absolute atomic E-state index is 9.49. The zero-order valence-corrected chi connectivity index (χ0v) is 14.1. The average molecular weight is 336 g/mol. The summed E-state index contributed by atoms with van der Waals surface area (Å²) in [6, 6.07) is 6.09. The van der Waals surface area contributed by atoms with Crippen LogP contribution >= 0.6 is 0 Å². The predicted molar refractivity (Wildman–Crippen MR) is 96.5 cm³/mol. The minimum absolute atomic E-state index is 0.0961. The van der Waals surface area contributed by atoms with Gasteiger partial charge in [-0.1, -0.05) is 6.92 Å². The number of ether oxygens (including phenoxy) is 1. The van der Waals surface area contributed by atoms with Crippen molar-refractivity contribution < 1.29 is 4.74 Å². The molecule has 1 aliphatic heterocycles. The summed E-state index contributed by atoms with van der Waals surface area (Å²) >= 11 is 0. The maximum Gasteiger partial charge on any atom is 0.164 e. The second-order valence-electron chi connectivity index (χ2n) is 6.17. The molecule has 3 aromatic heterocycles. The number of pyridine rings is 2. The van der Waals surface area contributed by atoms with Gasteiger partial charge in [-0.25, -0.2) is 9.97 Å². The number of anilines is 1. The van der Waals surface area contributed by atoms with Crippen LogP contribution in [0.25, 0.3) is 21.9 Å². The van der Waals surface area contributed by atoms with Crippen LogP contribution in [0.2, 0.25) is 0 Å². The number of fused-ring (bicyclic) bond motifs is 3. The molecule has 7 heteroatoms. The summed E-state index contributed by atoms with van der Waals surface area (Å²) in [6.45, 7) is 6.43. The summed E-state index contributed by atoms with van der Waals surface area (Å²) in [5, 5.41) is 14.8. The highest BCUT2D eigenvalue weighted by Gasteiger charge is 2.21. The van der Waals surface area contributed by atoms with Crippen molar-refractivity contribution in [3.63, 3.8) is 0 Å². The van der Waals surface area contributed by atoms with Gasteiger partial charge in [0.2, 0.25) is 0 Å². The average Bonchev–Trinajstić information content (AvgIpc) is 3.05. The Morgan fingerprint density at radius 2 is 2.40 bits per heavy atom. The molecule has 0 bridgehead atoms. The Morgan fingerprint density at radius 1 is 1.48 bits per heavy atom. The zero-order chi connectivity index (χ0) is 17.2. The molecule has 128 valence electrons. The first-order valence-corrected chi connectivity index (χ1v) is 8.53. The minimum atomic E-state index is 0.0961. The van der Waals surface area contributed by atoms with Gasteiger partial charge < -0.3 is 15.0 Å². The van der Waals surface area contributed by atoms with Crippen LogP contribution in [0.5, 0.6) is 0 Å². The van der Waals surface area contributed by atoms with Crippen molar-refractivity contribution in [1.29, 1.82) is 5.26 Å². The maximum atomic E-state index is 9.49. The van der Waals surface area contributed by atoms with Crippen LogP contribution in [0.4, 0.5) is 5.69 Å². The molecule has 0 aromatic carbocycles. The number of rotatable bonds is 4. The van der Waals surface area contributed by atoms with E-state index >= 15 is 0 Å². The molecule has 7 nitrogen and oxygen atoms in total. The Labute approximate surface area is 145 Å². The Kier molecular flexibility index (Phi) is 4.22. The van der Waals surface area contributed by atoms with Gasteiger partial charge in [-0.05, 0) is 18.7 Å². The fourth-order valence-electron chi connectivity index (χ4n) is 3.38. The van der Waals surface area contributed by atoms with Crippen molar-refractivity contribution in [2.24, 2.45) is 0 Å². The standard InChI is InChI=1S/C18H20N6O/c1-2-24-6-7-25-12(11-24)9-22-17-14(8-19)21-10-15-16(17)13-4-3-5-20-18(13)23-15/h3-5,10,12,22H,2,6-7,9,11H2,1H3,(H,20,23). The van der Waals surface area contributed by atoms with Crippen molar-refractivity contribution in [1.82, 2.24) is 19.9 Å². The third-order valence-corrected chi connectivity index (χ3v) is 4.69. The van der Waals surface area contributed by atoms with E-state index in [1.165, 1.54) is 0 Å². The lowest BCUT2D eigenvalue weighted by Crippen LogP contribution is -2.45. The van der Waals surface area contributed by atoms with Crippen LogP contribution in [-0.2, 0) is 4.74 Å². The largest absolute Gasteiger partial charge is 0.379 e. The molecule has 0 spiro atoms. The monoisotopic (exact) mass is 336 g/mol. The molecule has 3 aromatic rings. The lowest BCUT2D eigenvalue weighted by Gasteiger charge is -2.32. The third-order valence-electron chi connectivity index (χ3n) is 4.69. The molecule has 1 aliphatic rings. The molecule has 0 aliphatic carbocycles. The molecule has 1 fully saturated rings. The SMILES string of the molecule is CCN1CCOC(CNc2c(C#N)ncc3[nH]c4ncccc4c23)C1. The third kappa shape index (κ3) is 2.90. The highest BCUT2D eigenvalue weighted by atomic mass is 16.5. The van der Waals surface area contributed by atoms with Crippen molar-refractivity contribution in [3.05, 3.63) is 30.2 Å². The first-order valence-electron chi connectivity index (χ1n) is 8.53. The van der Waals surface area contributed by atoms with Crippen LogP contribution in [0, 0.1) is 11.3 Å². The first-order chi connectivity index (χ1) is 12.3. The van der Waals surface area contributed by atoms with Crippen LogP contribution in [-0.4, -0.2) is 58.7 Å². The zero-order valence-electron chi connectivity index (χ0n) is 14.1. The van der Waals surface area contributed by atoms with Gasteiger partial charge in [-0.2, -0.15) is 5.26 Å². The van der Waals surface area contributed by atoms with Gasteiger partial charge in [0, 0.05) is 36.6 Å². The summed E-state index contributed by atoms with van der Waals surface area (Å²) in [5.41, 5.74) is 2.80. The quantitative estimate of drug-likeness (QED) is 0.758. The lowest BCUT2D eigenvalue weighted by molar-refractivity contribution is -0.0191. The highest BCUT2D eigenvalue weighted by Crippen LogP contribution is 2.32. The van der Waals surface area contributed by atoms with E-state index in [0.717, 1.165) is 53.9 Å². The van der Waals surface area contributed by atoms with E-state index in [-0.39, 0.29) is 6.10 Å². The van der Waals surface area contributed by atoms with Gasteiger partial charge in [0.15, 0.2) is 5.69 Å². The number of aromatic amines is 1. The van der Waals surface area contributed by atoms with Crippen LogP contribution in [0.15, 0.2) is 24.5 Å². The molecule has 1 saturated heterocycles. The number of H-pyrrole nitrogens is 1. The molecule has 2 N–H and O–H groups in total. The van der Waals surface area contributed by atoms with E-state index < -0.39 is 0 Å². The highest BCUT2D eigenvalue weighted by molar-refractivity contribution is 6.12. The van der Waals surface area contributed by atoms with Crippen LogP contribution < -0.4 is 5.32 Å². The number of aromatic nitrogens is 3.